The number of hydrogen-bond donors (Lipinski definition) is 0. The Morgan fingerprint density at radius 3 is 2.50 bits per heavy atom. The minimum absolute atomic E-state index is 0.0854. The van der Waals surface area contributed by atoms with E-state index in [1.54, 1.807) is 13.8 Å². The lowest BCUT2D eigenvalue weighted by Crippen LogP contribution is -2.46. The zero-order valence-corrected chi connectivity index (χ0v) is 17.4. The third kappa shape index (κ3) is 4.84. The van der Waals surface area contributed by atoms with E-state index in [1.807, 2.05) is 11.8 Å². The van der Waals surface area contributed by atoms with Crippen molar-refractivity contribution in [3.8, 4) is 0 Å². The standard InChI is InChI=1S/C18H29NO8S/c1-4-18(2,3)26-17(21)12-9-13(14-10-15(12)28(22,23)27-14)25-16(20)11-19-5-7-24-8-6-19/h12-15H,4-11H2,1-3H3. The molecule has 3 aliphatic rings. The van der Waals surface area contributed by atoms with E-state index in [-0.39, 0.29) is 19.4 Å². The number of ether oxygens (including phenoxy) is 3. The van der Waals surface area contributed by atoms with Gasteiger partial charge in [0.2, 0.25) is 0 Å². The molecule has 2 saturated heterocycles. The summed E-state index contributed by atoms with van der Waals surface area (Å²) in [5.41, 5.74) is -0.695. The van der Waals surface area contributed by atoms with Crippen molar-refractivity contribution < 1.29 is 36.4 Å². The van der Waals surface area contributed by atoms with Crippen molar-refractivity contribution in [3.05, 3.63) is 0 Å². The summed E-state index contributed by atoms with van der Waals surface area (Å²) >= 11 is 0. The molecule has 0 spiro atoms. The second-order valence-electron chi connectivity index (χ2n) is 8.20. The molecular weight excluding hydrogens is 390 g/mol. The molecular formula is C18H29NO8S. The molecule has 0 aromatic rings. The minimum atomic E-state index is -3.90. The van der Waals surface area contributed by atoms with Crippen molar-refractivity contribution in [2.24, 2.45) is 5.92 Å². The lowest BCUT2D eigenvalue weighted by Gasteiger charge is -2.33. The first-order valence-corrected chi connectivity index (χ1v) is 11.2. The van der Waals surface area contributed by atoms with Crippen LogP contribution in [0.25, 0.3) is 0 Å². The maximum absolute atomic E-state index is 12.7. The van der Waals surface area contributed by atoms with Crippen molar-refractivity contribution in [2.45, 2.75) is 63.1 Å². The number of fused-ring (bicyclic) bond motifs is 2. The highest BCUT2D eigenvalue weighted by Crippen LogP contribution is 2.42. The molecule has 28 heavy (non-hydrogen) atoms. The second kappa shape index (κ2) is 8.25. The fourth-order valence-corrected chi connectivity index (χ4v) is 5.44. The van der Waals surface area contributed by atoms with Gasteiger partial charge < -0.3 is 14.2 Å². The number of hydrogen-bond acceptors (Lipinski definition) is 9. The van der Waals surface area contributed by atoms with Crippen molar-refractivity contribution in [1.29, 1.82) is 0 Å². The Morgan fingerprint density at radius 2 is 1.86 bits per heavy atom. The van der Waals surface area contributed by atoms with Crippen LogP contribution in [0.3, 0.4) is 0 Å². The van der Waals surface area contributed by atoms with Crippen LogP contribution in [0.5, 0.6) is 0 Å². The highest BCUT2D eigenvalue weighted by molar-refractivity contribution is 7.87. The summed E-state index contributed by atoms with van der Waals surface area (Å²) < 4.78 is 46.2. The van der Waals surface area contributed by atoms with Gasteiger partial charge in [-0.2, -0.15) is 8.42 Å². The zero-order chi connectivity index (χ0) is 20.5. The molecule has 0 radical (unpaired) electrons. The van der Waals surface area contributed by atoms with Crippen LogP contribution in [-0.2, 0) is 38.1 Å². The van der Waals surface area contributed by atoms with E-state index in [0.29, 0.717) is 32.7 Å². The molecule has 160 valence electrons. The number of esters is 2. The average Bonchev–Trinajstić information content (AvgIpc) is 2.89. The van der Waals surface area contributed by atoms with Gasteiger partial charge in [0.1, 0.15) is 23.1 Å². The smallest absolute Gasteiger partial charge is 0.320 e. The van der Waals surface area contributed by atoms with Crippen molar-refractivity contribution in [1.82, 2.24) is 4.90 Å². The molecule has 0 amide bonds. The molecule has 0 aromatic heterocycles. The second-order valence-corrected chi connectivity index (χ2v) is 9.98. The van der Waals surface area contributed by atoms with Crippen LogP contribution in [0.4, 0.5) is 0 Å². The highest BCUT2D eigenvalue weighted by atomic mass is 32.2. The summed E-state index contributed by atoms with van der Waals surface area (Å²) in [6, 6.07) is 0. The zero-order valence-electron chi connectivity index (χ0n) is 16.6. The van der Waals surface area contributed by atoms with Crippen LogP contribution < -0.4 is 0 Å². The van der Waals surface area contributed by atoms with E-state index < -0.39 is 51.0 Å². The number of rotatable bonds is 6. The predicted molar refractivity (Wildman–Crippen MR) is 97.9 cm³/mol. The van der Waals surface area contributed by atoms with Crippen molar-refractivity contribution >= 4 is 22.1 Å². The third-order valence-electron chi connectivity index (χ3n) is 5.71. The van der Waals surface area contributed by atoms with Crippen molar-refractivity contribution in [3.63, 3.8) is 0 Å². The first-order valence-electron chi connectivity index (χ1n) is 9.76. The Bertz CT molecular complexity index is 700. The van der Waals surface area contributed by atoms with E-state index in [4.69, 9.17) is 18.4 Å². The molecule has 3 fully saturated rings. The predicted octanol–water partition coefficient (Wildman–Crippen LogP) is 0.469. The van der Waals surface area contributed by atoms with Gasteiger partial charge >= 0.3 is 11.9 Å². The summed E-state index contributed by atoms with van der Waals surface area (Å²) in [6.07, 6.45) is -0.720. The molecule has 10 heteroatoms. The number of carbonyl (C=O) groups excluding carboxylic acids is 2. The van der Waals surface area contributed by atoms with Gasteiger partial charge in [0.15, 0.2) is 0 Å². The molecule has 3 rings (SSSR count). The van der Waals surface area contributed by atoms with Gasteiger partial charge in [-0.1, -0.05) is 6.92 Å². The van der Waals surface area contributed by atoms with Crippen LogP contribution in [-0.4, -0.2) is 81.2 Å². The summed E-state index contributed by atoms with van der Waals surface area (Å²) in [6.45, 7) is 7.92. The number of nitrogens with zero attached hydrogens (tertiary/aromatic N) is 1. The minimum Gasteiger partial charge on any atom is -0.459 e. The van der Waals surface area contributed by atoms with Crippen LogP contribution >= 0.6 is 0 Å². The molecule has 2 aliphatic heterocycles. The van der Waals surface area contributed by atoms with Crippen LogP contribution in [0.2, 0.25) is 0 Å². The monoisotopic (exact) mass is 419 g/mol. The van der Waals surface area contributed by atoms with E-state index in [2.05, 4.69) is 0 Å². The topological polar surface area (TPSA) is 108 Å². The van der Waals surface area contributed by atoms with Gasteiger partial charge in [-0.3, -0.25) is 18.7 Å². The van der Waals surface area contributed by atoms with E-state index in [0.717, 1.165) is 0 Å². The quantitative estimate of drug-likeness (QED) is 0.448. The maximum atomic E-state index is 12.7. The molecule has 9 nitrogen and oxygen atoms in total. The van der Waals surface area contributed by atoms with Gasteiger partial charge in [0.25, 0.3) is 10.1 Å². The summed E-state index contributed by atoms with van der Waals surface area (Å²) in [7, 11) is -3.90. The SMILES string of the molecule is CCC(C)(C)OC(=O)C1CC(OC(=O)CN2CCOCC2)C2CC1S(=O)(=O)O2. The number of morpholine rings is 1. The molecule has 1 saturated carbocycles. The largest absolute Gasteiger partial charge is 0.459 e. The van der Waals surface area contributed by atoms with Crippen LogP contribution in [0, 0.1) is 5.92 Å². The van der Waals surface area contributed by atoms with E-state index in [9.17, 15) is 18.0 Å². The Labute approximate surface area is 165 Å². The van der Waals surface area contributed by atoms with Gasteiger partial charge in [-0.15, -0.1) is 0 Å². The Balaban J connectivity index is 1.67. The van der Waals surface area contributed by atoms with Crippen molar-refractivity contribution in [2.75, 3.05) is 32.8 Å². The number of carbonyl (C=O) groups is 2. The Kier molecular flexibility index (Phi) is 6.33. The van der Waals surface area contributed by atoms with Crippen LogP contribution in [0.15, 0.2) is 0 Å². The summed E-state index contributed by atoms with van der Waals surface area (Å²) in [4.78, 5) is 26.9. The third-order valence-corrected chi connectivity index (χ3v) is 7.49. The Hall–Kier alpha value is -1.23. The van der Waals surface area contributed by atoms with Gasteiger partial charge in [0.05, 0.1) is 25.7 Å². The summed E-state index contributed by atoms with van der Waals surface area (Å²) in [5.74, 6) is -1.95. The fourth-order valence-electron chi connectivity index (χ4n) is 3.70. The van der Waals surface area contributed by atoms with Crippen LogP contribution in [0.1, 0.15) is 40.0 Å². The Morgan fingerprint density at radius 1 is 1.18 bits per heavy atom. The van der Waals surface area contributed by atoms with Gasteiger partial charge in [-0.25, -0.2) is 0 Å². The molecule has 4 unspecified atom stereocenters. The maximum Gasteiger partial charge on any atom is 0.320 e. The molecule has 2 bridgehead atoms. The fraction of sp³-hybridized carbons (Fsp3) is 0.889. The van der Waals surface area contributed by atoms with E-state index >= 15 is 0 Å². The van der Waals surface area contributed by atoms with Gasteiger partial charge in [-0.05, 0) is 26.7 Å². The lowest BCUT2D eigenvalue weighted by atomic mass is 9.84. The molecule has 0 N–H and O–H groups in total. The van der Waals surface area contributed by atoms with Gasteiger partial charge in [0, 0.05) is 19.5 Å². The summed E-state index contributed by atoms with van der Waals surface area (Å²) in [5, 5.41) is -0.952. The van der Waals surface area contributed by atoms with E-state index in [1.165, 1.54) is 0 Å². The molecule has 0 aromatic carbocycles. The average molecular weight is 419 g/mol. The first kappa shape index (κ1) is 21.5. The highest BCUT2D eigenvalue weighted by Gasteiger charge is 2.56. The molecule has 1 aliphatic carbocycles. The first-order chi connectivity index (χ1) is 13.1. The lowest BCUT2D eigenvalue weighted by molar-refractivity contribution is -0.170. The molecule has 2 heterocycles. The normalized spacial score (nSPS) is 32.7. The molecule has 4 atom stereocenters.